The van der Waals surface area contributed by atoms with Crippen molar-refractivity contribution in [3.63, 3.8) is 0 Å². The van der Waals surface area contributed by atoms with E-state index in [1.807, 2.05) is 76.7 Å². The number of allylic oxidation sites excluding steroid dienone is 18. The Morgan fingerprint density at radius 3 is 1.67 bits per heavy atom. The number of aliphatic hydroxyl groups is 1. The first-order chi connectivity index (χ1) is 29.4. The predicted octanol–water partition coefficient (Wildman–Crippen LogP) is 11.9. The number of quaternary nitrogens is 1. The zero-order chi connectivity index (χ0) is 45.1. The Kier molecular flexibility index (Phi) is 38.0. The number of nitrogens with zero attached hydrogens (tertiary/aromatic N) is 1. The summed E-state index contributed by atoms with van der Waals surface area (Å²) >= 11 is 0. The van der Waals surface area contributed by atoms with Gasteiger partial charge in [0.2, 0.25) is 0 Å². The van der Waals surface area contributed by atoms with Crippen LogP contribution in [0.15, 0.2) is 122 Å². The Hall–Kier alpha value is -3.63. The van der Waals surface area contributed by atoms with Crippen molar-refractivity contribution in [2.45, 2.75) is 135 Å². The first-order valence-electron chi connectivity index (χ1n) is 22.4. The summed E-state index contributed by atoms with van der Waals surface area (Å²) in [5.74, 6) is -0.944. The molecule has 0 radical (unpaired) electrons. The Labute approximate surface area is 370 Å². The van der Waals surface area contributed by atoms with Gasteiger partial charge in [0.25, 0.3) is 0 Å². The van der Waals surface area contributed by atoms with Crippen molar-refractivity contribution in [3.8, 4) is 0 Å². The number of phosphoric ester groups is 1. The van der Waals surface area contributed by atoms with E-state index >= 15 is 0 Å². The summed E-state index contributed by atoms with van der Waals surface area (Å²) in [5.41, 5.74) is 0. The average molecular weight is 871 g/mol. The number of carbonyl (C=O) groups is 2. The minimum atomic E-state index is -4.42. The van der Waals surface area contributed by atoms with Gasteiger partial charge in [-0.25, -0.2) is 4.57 Å². The molecule has 0 spiro atoms. The molecule has 344 valence electrons. The Morgan fingerprint density at radius 2 is 1.10 bits per heavy atom. The summed E-state index contributed by atoms with van der Waals surface area (Å²) < 4.78 is 34.2. The highest BCUT2D eigenvalue weighted by atomic mass is 31.2. The molecule has 3 atom stereocenters. The average Bonchev–Trinajstić information content (AvgIpc) is 3.21. The van der Waals surface area contributed by atoms with Crippen LogP contribution >= 0.6 is 7.82 Å². The molecular formula is C50H81NO9P+. The van der Waals surface area contributed by atoms with Crippen LogP contribution in [0.2, 0.25) is 0 Å². The van der Waals surface area contributed by atoms with Gasteiger partial charge < -0.3 is 24.0 Å². The largest absolute Gasteiger partial charge is 0.472 e. The molecule has 10 nitrogen and oxygen atoms in total. The molecule has 0 aromatic rings. The molecule has 0 aliphatic rings. The summed E-state index contributed by atoms with van der Waals surface area (Å²) in [7, 11) is 1.37. The number of rotatable bonds is 38. The van der Waals surface area contributed by atoms with Gasteiger partial charge in [0.05, 0.1) is 33.9 Å². The van der Waals surface area contributed by atoms with E-state index < -0.39 is 38.6 Å². The van der Waals surface area contributed by atoms with Crippen molar-refractivity contribution in [3.05, 3.63) is 122 Å². The van der Waals surface area contributed by atoms with E-state index in [-0.39, 0.29) is 26.1 Å². The predicted molar refractivity (Wildman–Crippen MR) is 253 cm³/mol. The van der Waals surface area contributed by atoms with Crippen LogP contribution in [-0.4, -0.2) is 86.1 Å². The van der Waals surface area contributed by atoms with Crippen LogP contribution in [-0.2, 0) is 32.7 Å². The number of hydrogen-bond acceptors (Lipinski definition) is 8. The number of ether oxygens (including phenoxy) is 2. The lowest BCUT2D eigenvalue weighted by molar-refractivity contribution is -0.870. The molecule has 2 N–H and O–H groups in total. The summed E-state index contributed by atoms with van der Waals surface area (Å²) in [6.07, 6.45) is 53.1. The highest BCUT2D eigenvalue weighted by Crippen LogP contribution is 2.43. The minimum absolute atomic E-state index is 0.000176. The topological polar surface area (TPSA) is 129 Å². The van der Waals surface area contributed by atoms with Gasteiger partial charge in [-0.05, 0) is 89.9 Å². The Balaban J connectivity index is 4.57. The summed E-state index contributed by atoms with van der Waals surface area (Å²) in [6.45, 7) is 3.91. The second-order valence-corrected chi connectivity index (χ2v) is 17.0. The van der Waals surface area contributed by atoms with Crippen molar-refractivity contribution < 1.29 is 47.2 Å². The SMILES string of the molecule is CC/C=C\C/C=C\C/C=C\C/C=C\C/C=C\CCCCCC(=O)OC[C@H](COP(=O)(O)OCC[N+](C)(C)C)OC(=O)CCC/C=C\C/C=C\C/C=C\C=C\CC(O)/C=C\CC. The van der Waals surface area contributed by atoms with Crippen LogP contribution in [0.1, 0.15) is 123 Å². The fourth-order valence-corrected chi connectivity index (χ4v) is 5.84. The van der Waals surface area contributed by atoms with Gasteiger partial charge in [-0.2, -0.15) is 0 Å². The molecule has 0 heterocycles. The van der Waals surface area contributed by atoms with E-state index in [0.717, 1.165) is 70.6 Å². The normalized spacial score (nSPS) is 15.2. The van der Waals surface area contributed by atoms with E-state index in [0.29, 0.717) is 36.7 Å². The summed E-state index contributed by atoms with van der Waals surface area (Å²) in [5, 5.41) is 9.78. The standard InChI is InChI=1S/C50H80NO9P/c1-6-8-10-11-12-13-14-15-16-17-18-19-20-21-25-28-31-34-37-41-49(53)57-45-48(46-59-61(55,56)58-44-43-51(3,4)5)60-50(54)42-38-35-32-29-26-23-22-24-27-30-33-36-40-47(52)39-9-7-2/h8-10,12-13,15-16,18-19,21-23,25,27,29-30,32-33,36,39,47-48,52H,6-7,11,14,17,20,24,26,28,31,34-35,37-38,40-46H2,1-5H3/p+1/b10-8-,13-12-,16-15-,19-18-,23-22-,25-21-,30-27-,32-29-,36-33+,39-9-/t47?,48-/m1/s1. The van der Waals surface area contributed by atoms with Crippen molar-refractivity contribution in [1.82, 2.24) is 0 Å². The summed E-state index contributed by atoms with van der Waals surface area (Å²) in [4.78, 5) is 35.4. The lowest BCUT2D eigenvalue weighted by Crippen LogP contribution is -2.37. The van der Waals surface area contributed by atoms with E-state index in [2.05, 4.69) is 79.8 Å². The number of aliphatic hydroxyl groups excluding tert-OH is 1. The fraction of sp³-hybridized carbons (Fsp3) is 0.560. The van der Waals surface area contributed by atoms with Crippen molar-refractivity contribution in [2.24, 2.45) is 0 Å². The van der Waals surface area contributed by atoms with Crippen LogP contribution < -0.4 is 0 Å². The molecule has 0 aliphatic carbocycles. The lowest BCUT2D eigenvalue weighted by atomic mass is 10.1. The second-order valence-electron chi connectivity index (χ2n) is 15.5. The molecule has 0 amide bonds. The van der Waals surface area contributed by atoms with Gasteiger partial charge in [-0.1, -0.05) is 142 Å². The molecule has 0 aliphatic heterocycles. The third-order valence-electron chi connectivity index (χ3n) is 8.56. The zero-order valence-electron chi connectivity index (χ0n) is 38.2. The van der Waals surface area contributed by atoms with Crippen LogP contribution in [0.4, 0.5) is 0 Å². The summed E-state index contributed by atoms with van der Waals surface area (Å²) in [6, 6.07) is 0. The molecule has 0 bridgehead atoms. The maximum Gasteiger partial charge on any atom is 0.472 e. The van der Waals surface area contributed by atoms with Crippen LogP contribution in [0.5, 0.6) is 0 Å². The highest BCUT2D eigenvalue weighted by molar-refractivity contribution is 7.47. The molecule has 2 unspecified atom stereocenters. The minimum Gasteiger partial charge on any atom is -0.462 e. The van der Waals surface area contributed by atoms with E-state index in [9.17, 15) is 24.2 Å². The van der Waals surface area contributed by atoms with Crippen LogP contribution in [0, 0.1) is 0 Å². The van der Waals surface area contributed by atoms with Gasteiger partial charge in [0.1, 0.15) is 19.8 Å². The first kappa shape index (κ1) is 57.4. The number of carbonyl (C=O) groups excluding carboxylic acids is 2. The highest BCUT2D eigenvalue weighted by Gasteiger charge is 2.27. The number of hydrogen-bond donors (Lipinski definition) is 2. The fourth-order valence-electron chi connectivity index (χ4n) is 5.09. The van der Waals surface area contributed by atoms with Crippen molar-refractivity contribution >= 4 is 19.8 Å². The number of esters is 2. The van der Waals surface area contributed by atoms with Gasteiger partial charge in [0.15, 0.2) is 6.10 Å². The molecule has 61 heavy (non-hydrogen) atoms. The zero-order valence-corrected chi connectivity index (χ0v) is 39.1. The van der Waals surface area contributed by atoms with Gasteiger partial charge in [0, 0.05) is 12.8 Å². The molecule has 0 aromatic heterocycles. The number of unbranched alkanes of at least 4 members (excludes halogenated alkanes) is 4. The molecule has 0 fully saturated rings. The van der Waals surface area contributed by atoms with Gasteiger partial charge >= 0.3 is 19.8 Å². The smallest absolute Gasteiger partial charge is 0.462 e. The second kappa shape index (κ2) is 40.4. The number of likely N-dealkylation sites (N-methyl/N-ethyl adjacent to an activating group) is 1. The third kappa shape index (κ3) is 44.2. The van der Waals surface area contributed by atoms with E-state index in [1.165, 1.54) is 0 Å². The van der Waals surface area contributed by atoms with Crippen LogP contribution in [0.3, 0.4) is 0 Å². The molecule has 0 rings (SSSR count). The van der Waals surface area contributed by atoms with E-state index in [1.54, 1.807) is 0 Å². The quantitative estimate of drug-likeness (QED) is 0.0156. The molecular weight excluding hydrogens is 790 g/mol. The Bertz CT molecular complexity index is 1460. The maximum atomic E-state index is 12.7. The van der Waals surface area contributed by atoms with Crippen molar-refractivity contribution in [2.75, 3.05) is 47.5 Å². The third-order valence-corrected chi connectivity index (χ3v) is 9.55. The maximum absolute atomic E-state index is 12.7. The molecule has 0 aromatic carbocycles. The molecule has 0 saturated carbocycles. The van der Waals surface area contributed by atoms with E-state index in [4.69, 9.17) is 18.5 Å². The number of phosphoric acid groups is 1. The molecule has 0 saturated heterocycles. The Morgan fingerprint density at radius 1 is 0.590 bits per heavy atom. The first-order valence-corrected chi connectivity index (χ1v) is 23.9. The van der Waals surface area contributed by atoms with Gasteiger partial charge in [-0.3, -0.25) is 18.6 Å². The monoisotopic (exact) mass is 871 g/mol. The lowest BCUT2D eigenvalue weighted by Gasteiger charge is -2.24. The van der Waals surface area contributed by atoms with Crippen LogP contribution in [0.25, 0.3) is 0 Å². The van der Waals surface area contributed by atoms with Gasteiger partial charge in [-0.15, -0.1) is 0 Å². The van der Waals surface area contributed by atoms with Crippen molar-refractivity contribution in [1.29, 1.82) is 0 Å². The molecule has 11 heteroatoms.